The van der Waals surface area contributed by atoms with E-state index in [4.69, 9.17) is 4.99 Å². The number of aliphatic imine (C=N–C) groups is 1. The van der Waals surface area contributed by atoms with Gasteiger partial charge >= 0.3 is 0 Å². The van der Waals surface area contributed by atoms with Crippen molar-refractivity contribution in [3.63, 3.8) is 0 Å². The molecule has 7 heteroatoms. The van der Waals surface area contributed by atoms with Gasteiger partial charge in [0, 0.05) is 11.4 Å². The highest BCUT2D eigenvalue weighted by Crippen LogP contribution is 2.36. The van der Waals surface area contributed by atoms with Gasteiger partial charge in [-0.3, -0.25) is 4.99 Å². The Morgan fingerprint density at radius 3 is 2.69 bits per heavy atom. The molecule has 2 atom stereocenters. The number of sulfone groups is 1. The molecular weight excluding hydrogens is 371 g/mol. The van der Waals surface area contributed by atoms with Crippen LogP contribution in [0.15, 0.2) is 53.5 Å². The molecule has 0 aliphatic carbocycles. The number of nitrogens with zero attached hydrogens (tertiary/aromatic N) is 2. The molecule has 2 heterocycles. The fraction of sp³-hybridized carbons (Fsp3) is 0.316. The van der Waals surface area contributed by atoms with Gasteiger partial charge in [0.1, 0.15) is 5.82 Å². The van der Waals surface area contributed by atoms with E-state index in [9.17, 15) is 12.8 Å². The number of benzene rings is 2. The largest absolute Gasteiger partial charge is 0.315 e. The Morgan fingerprint density at radius 2 is 1.96 bits per heavy atom. The number of amidine groups is 1. The predicted octanol–water partition coefficient (Wildman–Crippen LogP) is 3.41. The molecule has 0 unspecified atom stereocenters. The Kier molecular flexibility index (Phi) is 4.52. The summed E-state index contributed by atoms with van der Waals surface area (Å²) in [7, 11) is -3.06. The molecule has 4 rings (SSSR count). The predicted molar refractivity (Wildman–Crippen MR) is 105 cm³/mol. The first-order valence-electron chi connectivity index (χ1n) is 8.43. The van der Waals surface area contributed by atoms with E-state index in [1.54, 1.807) is 6.07 Å². The van der Waals surface area contributed by atoms with Crippen LogP contribution >= 0.6 is 11.8 Å². The van der Waals surface area contributed by atoms with Gasteiger partial charge in [-0.15, -0.1) is 0 Å². The van der Waals surface area contributed by atoms with Crippen LogP contribution in [0.25, 0.3) is 0 Å². The minimum absolute atomic E-state index is 0.101. The summed E-state index contributed by atoms with van der Waals surface area (Å²) < 4.78 is 37.5. The summed E-state index contributed by atoms with van der Waals surface area (Å²) in [6.07, 6.45) is 0. The zero-order valence-corrected chi connectivity index (χ0v) is 15.9. The van der Waals surface area contributed by atoms with Crippen LogP contribution in [0.3, 0.4) is 0 Å². The number of anilines is 1. The quantitative estimate of drug-likeness (QED) is 0.806. The molecule has 1 fully saturated rings. The van der Waals surface area contributed by atoms with Crippen molar-refractivity contribution in [2.45, 2.75) is 24.8 Å². The summed E-state index contributed by atoms with van der Waals surface area (Å²) in [6, 6.07) is 14.2. The minimum atomic E-state index is -3.06. The van der Waals surface area contributed by atoms with Crippen LogP contribution in [-0.2, 0) is 15.6 Å². The van der Waals surface area contributed by atoms with Crippen LogP contribution in [-0.4, -0.2) is 37.2 Å². The second-order valence-corrected chi connectivity index (χ2v) is 9.84. The number of hydrogen-bond donors (Lipinski definition) is 0. The van der Waals surface area contributed by atoms with Crippen molar-refractivity contribution in [1.29, 1.82) is 0 Å². The van der Waals surface area contributed by atoms with Crippen LogP contribution in [0, 0.1) is 12.7 Å². The second-order valence-electron chi connectivity index (χ2n) is 6.75. The van der Waals surface area contributed by atoms with E-state index in [1.807, 2.05) is 42.2 Å². The molecule has 2 aliphatic heterocycles. The SMILES string of the molecule is Cc1ccc(N2C(SCc3cccc(F)c3)=N[C@@H]3CS(=O)(=O)C[C@@H]32)cc1. The van der Waals surface area contributed by atoms with Gasteiger partial charge in [0.25, 0.3) is 0 Å². The van der Waals surface area contributed by atoms with Crippen molar-refractivity contribution < 1.29 is 12.8 Å². The lowest BCUT2D eigenvalue weighted by atomic mass is 10.1. The molecule has 0 aromatic heterocycles. The Morgan fingerprint density at radius 1 is 1.19 bits per heavy atom. The van der Waals surface area contributed by atoms with E-state index in [2.05, 4.69) is 0 Å². The molecular formula is C19H19FN2O2S2. The molecule has 0 spiro atoms. The fourth-order valence-corrected chi connectivity index (χ4v) is 6.32. The lowest BCUT2D eigenvalue weighted by Gasteiger charge is -2.26. The third kappa shape index (κ3) is 3.50. The van der Waals surface area contributed by atoms with Gasteiger partial charge in [-0.25, -0.2) is 12.8 Å². The fourth-order valence-electron chi connectivity index (χ4n) is 3.42. The first-order chi connectivity index (χ1) is 12.4. The van der Waals surface area contributed by atoms with E-state index in [-0.39, 0.29) is 29.4 Å². The van der Waals surface area contributed by atoms with Crippen LogP contribution in [0.5, 0.6) is 0 Å². The zero-order chi connectivity index (χ0) is 18.3. The van der Waals surface area contributed by atoms with Gasteiger partial charge in [-0.05, 0) is 36.8 Å². The van der Waals surface area contributed by atoms with E-state index < -0.39 is 9.84 Å². The lowest BCUT2D eigenvalue weighted by molar-refractivity contribution is 0.601. The lowest BCUT2D eigenvalue weighted by Crippen LogP contribution is -2.39. The molecule has 1 saturated heterocycles. The molecule has 26 heavy (non-hydrogen) atoms. The van der Waals surface area contributed by atoms with Crippen molar-refractivity contribution in [2.24, 2.45) is 4.99 Å². The number of thioether (sulfide) groups is 1. The van der Waals surface area contributed by atoms with Crippen molar-refractivity contribution >= 4 is 32.5 Å². The number of aryl methyl sites for hydroxylation is 1. The van der Waals surface area contributed by atoms with Crippen LogP contribution in [0.1, 0.15) is 11.1 Å². The normalized spacial score (nSPS) is 23.8. The molecule has 136 valence electrons. The molecule has 0 radical (unpaired) electrons. The Labute approximate surface area is 157 Å². The van der Waals surface area contributed by atoms with Crippen LogP contribution < -0.4 is 4.90 Å². The standard InChI is InChI=1S/C19H19FN2O2S2/c1-13-5-7-16(8-6-13)22-18-12-26(23,24)11-17(18)21-19(22)25-10-14-3-2-4-15(20)9-14/h2-9,17-18H,10-12H2,1H3/t17-,18+/m1/s1. The Bertz CT molecular complexity index is 958. The van der Waals surface area contributed by atoms with Gasteiger partial charge in [0.2, 0.25) is 0 Å². The summed E-state index contributed by atoms with van der Waals surface area (Å²) in [5.41, 5.74) is 2.98. The molecule has 0 amide bonds. The average molecular weight is 391 g/mol. The molecule has 4 nitrogen and oxygen atoms in total. The third-order valence-electron chi connectivity index (χ3n) is 4.68. The maximum atomic E-state index is 13.4. The summed E-state index contributed by atoms with van der Waals surface area (Å²) in [4.78, 5) is 6.74. The summed E-state index contributed by atoms with van der Waals surface area (Å²) >= 11 is 1.52. The second kappa shape index (κ2) is 6.70. The van der Waals surface area contributed by atoms with Crippen molar-refractivity contribution in [2.75, 3.05) is 16.4 Å². The smallest absolute Gasteiger partial charge is 0.164 e. The zero-order valence-electron chi connectivity index (χ0n) is 14.3. The van der Waals surface area contributed by atoms with E-state index in [0.29, 0.717) is 5.75 Å². The number of rotatable bonds is 3. The van der Waals surface area contributed by atoms with Gasteiger partial charge in [-0.2, -0.15) is 0 Å². The van der Waals surface area contributed by atoms with E-state index in [0.717, 1.165) is 22.0 Å². The monoisotopic (exact) mass is 390 g/mol. The molecule has 0 saturated carbocycles. The van der Waals surface area contributed by atoms with Crippen LogP contribution in [0.4, 0.5) is 10.1 Å². The van der Waals surface area contributed by atoms with E-state index in [1.165, 1.54) is 23.9 Å². The maximum Gasteiger partial charge on any atom is 0.164 e. The topological polar surface area (TPSA) is 49.7 Å². The third-order valence-corrected chi connectivity index (χ3v) is 7.41. The molecule has 2 aromatic rings. The van der Waals surface area contributed by atoms with Crippen molar-refractivity contribution in [3.8, 4) is 0 Å². The number of fused-ring (bicyclic) bond motifs is 1. The first kappa shape index (κ1) is 17.5. The summed E-state index contributed by atoms with van der Waals surface area (Å²) in [6.45, 7) is 2.02. The maximum absolute atomic E-state index is 13.4. The highest BCUT2D eigenvalue weighted by Gasteiger charge is 2.47. The van der Waals surface area contributed by atoms with Gasteiger partial charge in [0.15, 0.2) is 15.0 Å². The van der Waals surface area contributed by atoms with E-state index >= 15 is 0 Å². The van der Waals surface area contributed by atoms with Crippen LogP contribution in [0.2, 0.25) is 0 Å². The van der Waals surface area contributed by atoms with Gasteiger partial charge < -0.3 is 4.90 Å². The highest BCUT2D eigenvalue weighted by atomic mass is 32.2. The van der Waals surface area contributed by atoms with Gasteiger partial charge in [0.05, 0.1) is 23.6 Å². The molecule has 2 aliphatic rings. The summed E-state index contributed by atoms with van der Waals surface area (Å²) in [5, 5.41) is 0.808. The minimum Gasteiger partial charge on any atom is -0.315 e. The molecule has 0 bridgehead atoms. The average Bonchev–Trinajstić information content (AvgIpc) is 3.05. The summed E-state index contributed by atoms with van der Waals surface area (Å²) in [5.74, 6) is 0.559. The van der Waals surface area contributed by atoms with Gasteiger partial charge in [-0.1, -0.05) is 41.6 Å². The molecule has 0 N–H and O–H groups in total. The molecule has 2 aromatic carbocycles. The van der Waals surface area contributed by atoms with Crippen molar-refractivity contribution in [1.82, 2.24) is 0 Å². The van der Waals surface area contributed by atoms with Crippen molar-refractivity contribution in [3.05, 3.63) is 65.5 Å². The number of hydrogen-bond acceptors (Lipinski definition) is 5. The Balaban J connectivity index is 1.61. The Hall–Kier alpha value is -1.86. The highest BCUT2D eigenvalue weighted by molar-refractivity contribution is 8.13. The number of halogens is 1. The first-order valence-corrected chi connectivity index (χ1v) is 11.2.